The maximum absolute atomic E-state index is 13.7. The van der Waals surface area contributed by atoms with E-state index in [0.717, 1.165) is 11.1 Å². The molecule has 0 bridgehead atoms. The largest absolute Gasteiger partial charge is 0.484 e. The fraction of sp³-hybridized carbons (Fsp3) is 0.108. The summed E-state index contributed by atoms with van der Waals surface area (Å²) in [6, 6.07) is 34.3. The zero-order valence-electron chi connectivity index (χ0n) is 26.3. The first-order chi connectivity index (χ1) is 23.1. The predicted octanol–water partition coefficient (Wildman–Crippen LogP) is 7.13. The van der Waals surface area contributed by atoms with Crippen LogP contribution in [0.1, 0.15) is 32.6 Å². The van der Waals surface area contributed by atoms with Crippen LogP contribution in [0.15, 0.2) is 131 Å². The van der Waals surface area contributed by atoms with Crippen molar-refractivity contribution in [2.24, 2.45) is 5.10 Å². The molecule has 48 heavy (non-hydrogen) atoms. The second-order valence-corrected chi connectivity index (χ2v) is 13.2. The maximum atomic E-state index is 13.7. The number of halogens is 1. The zero-order valence-corrected chi connectivity index (χ0v) is 27.8. The Kier molecular flexibility index (Phi) is 10.9. The normalized spacial score (nSPS) is 11.2. The molecule has 0 heterocycles. The van der Waals surface area contributed by atoms with Gasteiger partial charge in [0.05, 0.1) is 23.3 Å². The van der Waals surface area contributed by atoms with Crippen molar-refractivity contribution >= 4 is 51.0 Å². The predicted molar refractivity (Wildman–Crippen MR) is 189 cm³/mol. The van der Waals surface area contributed by atoms with Crippen LogP contribution in [0.3, 0.4) is 0 Å². The third-order valence-electron chi connectivity index (χ3n) is 7.28. The number of ether oxygens (including phenoxy) is 1. The lowest BCUT2D eigenvalue weighted by atomic mass is 10.1. The standard InChI is InChI=1S/C37H33ClN4O5S/c1-26-8-18-32(19-9-26)40-36(43)25-47-33-20-13-28(14-21-33)23-39-41-37(44)30-15-11-29(12-16-30)24-42(35-22-31(38)17-10-27(35)2)48(45,46)34-6-4-3-5-7-34/h3-23H,24-25H2,1-2H3,(H,40,43)(H,41,44)/b39-23-. The van der Waals surface area contributed by atoms with Gasteiger partial charge in [-0.15, -0.1) is 0 Å². The van der Waals surface area contributed by atoms with Gasteiger partial charge < -0.3 is 10.1 Å². The molecular weight excluding hydrogens is 648 g/mol. The highest BCUT2D eigenvalue weighted by Crippen LogP contribution is 2.31. The van der Waals surface area contributed by atoms with Crippen LogP contribution in [0.25, 0.3) is 0 Å². The number of carbonyl (C=O) groups is 2. The first-order valence-electron chi connectivity index (χ1n) is 14.9. The molecule has 0 atom stereocenters. The fourth-order valence-corrected chi connectivity index (χ4v) is 6.36. The van der Waals surface area contributed by atoms with E-state index in [9.17, 15) is 18.0 Å². The summed E-state index contributed by atoms with van der Waals surface area (Å²) in [6.07, 6.45) is 1.49. The summed E-state index contributed by atoms with van der Waals surface area (Å²) in [7, 11) is -3.93. The van der Waals surface area contributed by atoms with Crippen molar-refractivity contribution in [3.05, 3.63) is 154 Å². The monoisotopic (exact) mass is 680 g/mol. The van der Waals surface area contributed by atoms with Crippen LogP contribution in [-0.2, 0) is 21.4 Å². The first-order valence-corrected chi connectivity index (χ1v) is 16.8. The summed E-state index contributed by atoms with van der Waals surface area (Å²) >= 11 is 6.26. The number of hydrogen-bond donors (Lipinski definition) is 2. The van der Waals surface area contributed by atoms with Crippen LogP contribution in [0.5, 0.6) is 5.75 Å². The van der Waals surface area contributed by atoms with E-state index in [1.165, 1.54) is 10.5 Å². The van der Waals surface area contributed by atoms with E-state index >= 15 is 0 Å². The molecule has 5 rings (SSSR count). The minimum Gasteiger partial charge on any atom is -0.484 e. The van der Waals surface area contributed by atoms with E-state index in [4.69, 9.17) is 16.3 Å². The molecule has 0 saturated carbocycles. The quantitative estimate of drug-likeness (QED) is 0.107. The molecule has 9 nitrogen and oxygen atoms in total. The van der Waals surface area contributed by atoms with E-state index in [1.54, 1.807) is 97.1 Å². The zero-order chi connectivity index (χ0) is 34.1. The molecule has 0 radical (unpaired) electrons. The van der Waals surface area contributed by atoms with Crippen molar-refractivity contribution in [3.63, 3.8) is 0 Å². The van der Waals surface area contributed by atoms with Gasteiger partial charge in [-0.25, -0.2) is 13.8 Å². The molecule has 0 aliphatic carbocycles. The Hall–Kier alpha value is -5.45. The molecule has 244 valence electrons. The minimum absolute atomic E-state index is 0.0234. The lowest BCUT2D eigenvalue weighted by molar-refractivity contribution is -0.118. The summed E-state index contributed by atoms with van der Waals surface area (Å²) in [6.45, 7) is 3.68. The molecular formula is C37H33ClN4O5S. The van der Waals surface area contributed by atoms with Gasteiger partial charge in [0.25, 0.3) is 21.8 Å². The van der Waals surface area contributed by atoms with Gasteiger partial charge in [0.1, 0.15) is 5.75 Å². The van der Waals surface area contributed by atoms with Crippen LogP contribution >= 0.6 is 11.6 Å². The highest BCUT2D eigenvalue weighted by molar-refractivity contribution is 7.92. The average Bonchev–Trinajstić information content (AvgIpc) is 3.09. The van der Waals surface area contributed by atoms with E-state index in [2.05, 4.69) is 15.8 Å². The van der Waals surface area contributed by atoms with Gasteiger partial charge in [-0.05, 0) is 103 Å². The third kappa shape index (κ3) is 8.87. The SMILES string of the molecule is Cc1ccc(NC(=O)COc2ccc(/C=N\NC(=O)c3ccc(CN(c4cc(Cl)ccc4C)S(=O)(=O)c4ccccc4)cc3)cc2)cc1. The first kappa shape index (κ1) is 33.9. The molecule has 2 amide bonds. The number of sulfonamides is 1. The summed E-state index contributed by atoms with van der Waals surface area (Å²) in [4.78, 5) is 25.1. The Morgan fingerprint density at radius 1 is 0.854 bits per heavy atom. The molecule has 5 aromatic rings. The Morgan fingerprint density at radius 2 is 1.54 bits per heavy atom. The van der Waals surface area contributed by atoms with E-state index < -0.39 is 15.9 Å². The number of nitrogens with zero attached hydrogens (tertiary/aromatic N) is 2. The number of hydrazone groups is 1. The van der Waals surface area contributed by atoms with Gasteiger partial charge >= 0.3 is 0 Å². The molecule has 2 N–H and O–H groups in total. The van der Waals surface area contributed by atoms with Crippen LogP contribution in [0, 0.1) is 13.8 Å². The number of nitrogens with one attached hydrogen (secondary N) is 2. The molecule has 0 spiro atoms. The Labute approximate surface area is 284 Å². The van der Waals surface area contributed by atoms with Crippen LogP contribution in [0.4, 0.5) is 11.4 Å². The number of rotatable bonds is 12. The molecule has 0 aromatic heterocycles. The second kappa shape index (κ2) is 15.4. The smallest absolute Gasteiger partial charge is 0.271 e. The minimum atomic E-state index is -3.93. The van der Waals surface area contributed by atoms with Gasteiger partial charge in [-0.2, -0.15) is 5.10 Å². The fourth-order valence-electron chi connectivity index (χ4n) is 4.66. The number of aryl methyl sites for hydroxylation is 2. The maximum Gasteiger partial charge on any atom is 0.271 e. The van der Waals surface area contributed by atoms with Gasteiger partial charge in [-0.1, -0.05) is 65.7 Å². The molecule has 0 aliphatic rings. The lowest BCUT2D eigenvalue weighted by Gasteiger charge is -2.26. The number of hydrogen-bond acceptors (Lipinski definition) is 6. The summed E-state index contributed by atoms with van der Waals surface area (Å²) in [5, 5.41) is 7.24. The molecule has 0 aliphatic heterocycles. The molecule has 11 heteroatoms. The molecule has 0 unspecified atom stereocenters. The van der Waals surface area contributed by atoms with Crippen molar-refractivity contribution in [2.75, 3.05) is 16.2 Å². The van der Waals surface area contributed by atoms with Gasteiger partial charge in [0.2, 0.25) is 0 Å². The van der Waals surface area contributed by atoms with Crippen molar-refractivity contribution < 1.29 is 22.7 Å². The Balaban J connectivity index is 1.18. The van der Waals surface area contributed by atoms with Gasteiger partial charge in [0, 0.05) is 16.3 Å². The van der Waals surface area contributed by atoms with Gasteiger partial charge in [-0.3, -0.25) is 13.9 Å². The van der Waals surface area contributed by atoms with Crippen molar-refractivity contribution in [1.29, 1.82) is 0 Å². The van der Waals surface area contributed by atoms with E-state index in [-0.39, 0.29) is 24.0 Å². The lowest BCUT2D eigenvalue weighted by Crippen LogP contribution is -2.31. The molecule has 5 aromatic carbocycles. The van der Waals surface area contributed by atoms with Crippen LogP contribution < -0.4 is 19.8 Å². The highest BCUT2D eigenvalue weighted by atomic mass is 35.5. The molecule has 0 fully saturated rings. The Bertz CT molecular complexity index is 2020. The topological polar surface area (TPSA) is 117 Å². The van der Waals surface area contributed by atoms with Crippen molar-refractivity contribution in [3.8, 4) is 5.75 Å². The summed E-state index contributed by atoms with van der Waals surface area (Å²) in [5.74, 6) is -0.196. The van der Waals surface area contributed by atoms with E-state index in [0.29, 0.717) is 38.8 Å². The number of benzene rings is 5. The summed E-state index contributed by atoms with van der Waals surface area (Å²) < 4.78 is 34.4. The van der Waals surface area contributed by atoms with Crippen molar-refractivity contribution in [1.82, 2.24) is 5.43 Å². The number of anilines is 2. The van der Waals surface area contributed by atoms with Crippen LogP contribution in [-0.4, -0.2) is 33.1 Å². The second-order valence-electron chi connectivity index (χ2n) is 10.9. The van der Waals surface area contributed by atoms with Crippen molar-refractivity contribution in [2.45, 2.75) is 25.3 Å². The van der Waals surface area contributed by atoms with E-state index in [1.807, 2.05) is 38.1 Å². The van der Waals surface area contributed by atoms with Crippen LogP contribution in [0.2, 0.25) is 5.02 Å². The number of amides is 2. The van der Waals surface area contributed by atoms with Gasteiger partial charge in [0.15, 0.2) is 6.61 Å². The summed E-state index contributed by atoms with van der Waals surface area (Å²) in [5.41, 5.74) is 7.23. The Morgan fingerprint density at radius 3 is 2.23 bits per heavy atom. The number of carbonyl (C=O) groups excluding carboxylic acids is 2. The third-order valence-corrected chi connectivity index (χ3v) is 9.29. The molecule has 0 saturated heterocycles. The highest BCUT2D eigenvalue weighted by Gasteiger charge is 2.26. The average molecular weight is 681 g/mol.